The molecule has 7 nitrogen and oxygen atoms in total. The van der Waals surface area contributed by atoms with E-state index in [0.29, 0.717) is 17.1 Å². The minimum absolute atomic E-state index is 0.276. The van der Waals surface area contributed by atoms with Crippen LogP contribution in [0.5, 0.6) is 0 Å². The van der Waals surface area contributed by atoms with Crippen molar-refractivity contribution in [1.29, 1.82) is 0 Å². The van der Waals surface area contributed by atoms with Gasteiger partial charge in [-0.2, -0.15) is 5.21 Å². The van der Waals surface area contributed by atoms with Crippen LogP contribution in [0.1, 0.15) is 16.1 Å². The lowest BCUT2D eigenvalue weighted by atomic mass is 10.2. The SMILES string of the molecule is Cc1ccc2oc(C(=O)Nc3ccc(-c4nn[nH]n4)cc3)cc2c1. The lowest BCUT2D eigenvalue weighted by molar-refractivity contribution is 0.0998. The summed E-state index contributed by atoms with van der Waals surface area (Å²) < 4.78 is 5.60. The molecule has 0 saturated carbocycles. The molecule has 2 N–H and O–H groups in total. The van der Waals surface area contributed by atoms with Crippen LogP contribution in [0.2, 0.25) is 0 Å². The van der Waals surface area contributed by atoms with Gasteiger partial charge in [0.15, 0.2) is 5.76 Å². The summed E-state index contributed by atoms with van der Waals surface area (Å²) in [6.07, 6.45) is 0. The zero-order valence-electron chi connectivity index (χ0n) is 12.8. The van der Waals surface area contributed by atoms with Gasteiger partial charge in [0.1, 0.15) is 5.58 Å². The molecule has 0 spiro atoms. The van der Waals surface area contributed by atoms with Crippen LogP contribution in [0.4, 0.5) is 5.69 Å². The number of furan rings is 1. The minimum Gasteiger partial charge on any atom is -0.451 e. The summed E-state index contributed by atoms with van der Waals surface area (Å²) >= 11 is 0. The second-order valence-corrected chi connectivity index (χ2v) is 5.42. The van der Waals surface area contributed by atoms with Gasteiger partial charge < -0.3 is 9.73 Å². The molecular weight excluding hydrogens is 306 g/mol. The molecule has 4 aromatic rings. The Balaban J connectivity index is 1.54. The third-order valence-corrected chi connectivity index (χ3v) is 3.64. The van der Waals surface area contributed by atoms with Gasteiger partial charge >= 0.3 is 0 Å². The molecule has 0 fully saturated rings. The predicted molar refractivity (Wildman–Crippen MR) is 88.5 cm³/mol. The van der Waals surface area contributed by atoms with Crippen LogP contribution in [-0.4, -0.2) is 26.5 Å². The van der Waals surface area contributed by atoms with Crippen molar-refractivity contribution in [1.82, 2.24) is 20.6 Å². The van der Waals surface area contributed by atoms with Gasteiger partial charge in [-0.05, 0) is 54.6 Å². The summed E-state index contributed by atoms with van der Waals surface area (Å²) in [6.45, 7) is 2.00. The highest BCUT2D eigenvalue weighted by molar-refractivity contribution is 6.04. The summed E-state index contributed by atoms with van der Waals surface area (Å²) in [4.78, 5) is 12.3. The number of anilines is 1. The topological polar surface area (TPSA) is 96.7 Å². The van der Waals surface area contributed by atoms with Crippen LogP contribution in [0.15, 0.2) is 52.9 Å². The third kappa shape index (κ3) is 2.63. The van der Waals surface area contributed by atoms with Gasteiger partial charge in [-0.25, -0.2) is 0 Å². The zero-order chi connectivity index (χ0) is 16.5. The Bertz CT molecular complexity index is 1000. The van der Waals surface area contributed by atoms with E-state index in [1.807, 2.05) is 37.3 Å². The van der Waals surface area contributed by atoms with Gasteiger partial charge in [-0.3, -0.25) is 4.79 Å². The van der Waals surface area contributed by atoms with Crippen molar-refractivity contribution in [2.24, 2.45) is 0 Å². The molecule has 1 amide bonds. The second-order valence-electron chi connectivity index (χ2n) is 5.42. The maximum Gasteiger partial charge on any atom is 0.291 e. The van der Waals surface area contributed by atoms with Crippen molar-refractivity contribution in [2.75, 3.05) is 5.32 Å². The number of hydrogen-bond donors (Lipinski definition) is 2. The summed E-state index contributed by atoms with van der Waals surface area (Å²) in [7, 11) is 0. The smallest absolute Gasteiger partial charge is 0.291 e. The quantitative estimate of drug-likeness (QED) is 0.604. The standard InChI is InChI=1S/C17H13N5O2/c1-10-2-7-14-12(8-10)9-15(24-14)17(23)18-13-5-3-11(4-6-13)16-19-21-22-20-16/h2-9H,1H3,(H,18,23)(H,19,20,21,22). The van der Waals surface area contributed by atoms with Crippen molar-refractivity contribution in [3.8, 4) is 11.4 Å². The molecule has 2 heterocycles. The van der Waals surface area contributed by atoms with Crippen LogP contribution in [-0.2, 0) is 0 Å². The van der Waals surface area contributed by atoms with E-state index in [1.165, 1.54) is 0 Å². The molecule has 0 saturated heterocycles. The number of amides is 1. The molecule has 0 aliphatic rings. The summed E-state index contributed by atoms with van der Waals surface area (Å²) in [6, 6.07) is 14.7. The number of benzene rings is 2. The number of hydrogen-bond acceptors (Lipinski definition) is 5. The van der Waals surface area contributed by atoms with Gasteiger partial charge in [0.25, 0.3) is 5.91 Å². The minimum atomic E-state index is -0.295. The third-order valence-electron chi connectivity index (χ3n) is 3.64. The number of H-pyrrole nitrogens is 1. The van der Waals surface area contributed by atoms with Gasteiger partial charge in [-0.15, -0.1) is 10.2 Å². The first kappa shape index (κ1) is 14.1. The highest BCUT2D eigenvalue weighted by Gasteiger charge is 2.13. The second kappa shape index (κ2) is 5.62. The molecular formula is C17H13N5O2. The molecule has 0 radical (unpaired) electrons. The van der Waals surface area contributed by atoms with Gasteiger partial charge in [0.05, 0.1) is 0 Å². The molecule has 0 aliphatic heterocycles. The molecule has 7 heteroatoms. The van der Waals surface area contributed by atoms with Crippen LogP contribution < -0.4 is 5.32 Å². The van der Waals surface area contributed by atoms with Crippen molar-refractivity contribution < 1.29 is 9.21 Å². The Hall–Kier alpha value is -3.48. The number of aromatic amines is 1. The fraction of sp³-hybridized carbons (Fsp3) is 0.0588. The maximum absolute atomic E-state index is 12.3. The van der Waals surface area contributed by atoms with Crippen LogP contribution in [0.25, 0.3) is 22.4 Å². The molecule has 0 aliphatic carbocycles. The first-order chi connectivity index (χ1) is 11.7. The average Bonchev–Trinajstić information content (AvgIpc) is 3.24. The molecule has 4 rings (SSSR count). The molecule has 0 unspecified atom stereocenters. The maximum atomic E-state index is 12.3. The van der Waals surface area contributed by atoms with Gasteiger partial charge in [-0.1, -0.05) is 11.6 Å². The number of tetrazole rings is 1. The van der Waals surface area contributed by atoms with Crippen molar-refractivity contribution >= 4 is 22.6 Å². The zero-order valence-corrected chi connectivity index (χ0v) is 12.8. The van der Waals surface area contributed by atoms with E-state index in [0.717, 1.165) is 16.5 Å². The fourth-order valence-electron chi connectivity index (χ4n) is 2.45. The molecule has 118 valence electrons. The van der Waals surface area contributed by atoms with E-state index in [9.17, 15) is 4.79 Å². The molecule has 24 heavy (non-hydrogen) atoms. The van der Waals surface area contributed by atoms with E-state index in [1.54, 1.807) is 18.2 Å². The van der Waals surface area contributed by atoms with Crippen molar-refractivity contribution in [3.63, 3.8) is 0 Å². The average molecular weight is 319 g/mol. The van der Waals surface area contributed by atoms with E-state index in [4.69, 9.17) is 4.42 Å². The number of carbonyl (C=O) groups is 1. The summed E-state index contributed by atoms with van der Waals surface area (Å²) in [5.41, 5.74) is 3.27. The Morgan fingerprint density at radius 1 is 1.12 bits per heavy atom. The first-order valence-corrected chi connectivity index (χ1v) is 7.34. The predicted octanol–water partition coefficient (Wildman–Crippen LogP) is 3.17. The fourth-order valence-corrected chi connectivity index (χ4v) is 2.45. The Morgan fingerprint density at radius 2 is 1.96 bits per heavy atom. The number of aromatic nitrogens is 4. The molecule has 2 aromatic heterocycles. The number of fused-ring (bicyclic) bond motifs is 1. The van der Waals surface area contributed by atoms with E-state index in [-0.39, 0.29) is 11.7 Å². The van der Waals surface area contributed by atoms with Crippen molar-refractivity contribution in [3.05, 3.63) is 59.9 Å². The number of rotatable bonds is 3. The van der Waals surface area contributed by atoms with Crippen LogP contribution in [0.3, 0.4) is 0 Å². The van der Waals surface area contributed by atoms with Crippen LogP contribution >= 0.6 is 0 Å². The van der Waals surface area contributed by atoms with Gasteiger partial charge in [0.2, 0.25) is 5.82 Å². The lowest BCUT2D eigenvalue weighted by Gasteiger charge is -2.03. The number of nitrogens with zero attached hydrogens (tertiary/aromatic N) is 3. The van der Waals surface area contributed by atoms with Crippen molar-refractivity contribution in [2.45, 2.75) is 6.92 Å². The monoisotopic (exact) mass is 319 g/mol. The normalized spacial score (nSPS) is 10.9. The highest BCUT2D eigenvalue weighted by atomic mass is 16.3. The first-order valence-electron chi connectivity index (χ1n) is 7.34. The van der Waals surface area contributed by atoms with Gasteiger partial charge in [0, 0.05) is 16.6 Å². The number of carbonyl (C=O) groups excluding carboxylic acids is 1. The lowest BCUT2D eigenvalue weighted by Crippen LogP contribution is -2.10. The van der Waals surface area contributed by atoms with E-state index < -0.39 is 0 Å². The van der Waals surface area contributed by atoms with E-state index >= 15 is 0 Å². The van der Waals surface area contributed by atoms with Crippen LogP contribution in [0, 0.1) is 6.92 Å². The molecule has 2 aromatic carbocycles. The van der Waals surface area contributed by atoms with E-state index in [2.05, 4.69) is 25.9 Å². The Morgan fingerprint density at radius 3 is 2.71 bits per heavy atom. The number of aryl methyl sites for hydroxylation is 1. The molecule has 0 atom stereocenters. The summed E-state index contributed by atoms with van der Waals surface area (Å²) in [5, 5.41) is 17.5. The number of nitrogens with one attached hydrogen (secondary N) is 2. The largest absolute Gasteiger partial charge is 0.451 e. The Labute approximate surface area is 136 Å². The Kier molecular flexibility index (Phi) is 3.31. The highest BCUT2D eigenvalue weighted by Crippen LogP contribution is 2.22. The molecule has 0 bridgehead atoms. The summed E-state index contributed by atoms with van der Waals surface area (Å²) in [5.74, 6) is 0.481.